The standard InChI is InChI=1S/C9H8BrNO2S/c1-12-6-3-5-8(4-7(6)13-2)14-9(10)11-5/h3-4H,1-2H3. The van der Waals surface area contributed by atoms with E-state index in [4.69, 9.17) is 9.47 Å². The van der Waals surface area contributed by atoms with Crippen molar-refractivity contribution in [2.45, 2.75) is 0 Å². The number of halogens is 1. The van der Waals surface area contributed by atoms with Crippen molar-refractivity contribution in [1.29, 1.82) is 0 Å². The van der Waals surface area contributed by atoms with Crippen LogP contribution < -0.4 is 9.47 Å². The zero-order valence-corrected chi connectivity index (χ0v) is 10.1. The summed E-state index contributed by atoms with van der Waals surface area (Å²) in [6.07, 6.45) is 0. The maximum absolute atomic E-state index is 5.19. The lowest BCUT2D eigenvalue weighted by Gasteiger charge is -2.05. The summed E-state index contributed by atoms with van der Waals surface area (Å²) in [4.78, 5) is 4.30. The number of nitrogens with zero attached hydrogens (tertiary/aromatic N) is 1. The van der Waals surface area contributed by atoms with Gasteiger partial charge in [-0.15, -0.1) is 11.3 Å². The minimum atomic E-state index is 0.706. The van der Waals surface area contributed by atoms with Crippen LogP contribution in [0.2, 0.25) is 0 Å². The Kier molecular flexibility index (Phi) is 2.60. The molecule has 0 saturated heterocycles. The first-order valence-corrected chi connectivity index (χ1v) is 5.53. The van der Waals surface area contributed by atoms with Crippen LogP contribution in [-0.4, -0.2) is 19.2 Å². The Bertz CT molecular complexity index is 428. The van der Waals surface area contributed by atoms with Crippen LogP contribution in [0.5, 0.6) is 11.5 Å². The number of hydrogen-bond acceptors (Lipinski definition) is 4. The van der Waals surface area contributed by atoms with Crippen molar-refractivity contribution < 1.29 is 9.47 Å². The van der Waals surface area contributed by atoms with Gasteiger partial charge >= 0.3 is 0 Å². The van der Waals surface area contributed by atoms with Crippen LogP contribution in [-0.2, 0) is 0 Å². The van der Waals surface area contributed by atoms with E-state index in [2.05, 4.69) is 20.9 Å². The molecule has 0 aliphatic heterocycles. The molecule has 0 unspecified atom stereocenters. The van der Waals surface area contributed by atoms with Crippen molar-refractivity contribution in [3.05, 3.63) is 16.0 Å². The molecule has 5 heteroatoms. The average Bonchev–Trinajstić information content (AvgIpc) is 2.54. The lowest BCUT2D eigenvalue weighted by molar-refractivity contribution is 0.356. The first kappa shape index (κ1) is 9.73. The van der Waals surface area contributed by atoms with Crippen LogP contribution in [0.1, 0.15) is 0 Å². The molecule has 1 aromatic carbocycles. The molecule has 0 fully saturated rings. The SMILES string of the molecule is COc1cc2nc(Br)sc2cc1OC. The second kappa shape index (κ2) is 3.74. The molecule has 0 saturated carbocycles. The molecular weight excluding hydrogens is 266 g/mol. The van der Waals surface area contributed by atoms with Crippen molar-refractivity contribution in [3.8, 4) is 11.5 Å². The van der Waals surface area contributed by atoms with E-state index in [1.165, 1.54) is 0 Å². The van der Waals surface area contributed by atoms with Gasteiger partial charge in [0.1, 0.15) is 0 Å². The van der Waals surface area contributed by atoms with Crippen molar-refractivity contribution >= 4 is 37.5 Å². The molecule has 1 heterocycles. The third-order valence-electron chi connectivity index (χ3n) is 1.87. The number of aromatic nitrogens is 1. The molecule has 3 nitrogen and oxygen atoms in total. The highest BCUT2D eigenvalue weighted by atomic mass is 79.9. The summed E-state index contributed by atoms with van der Waals surface area (Å²) in [6, 6.07) is 3.80. The molecular formula is C9H8BrNO2S. The summed E-state index contributed by atoms with van der Waals surface area (Å²) in [5, 5.41) is 0. The van der Waals surface area contributed by atoms with Crippen molar-refractivity contribution in [2.75, 3.05) is 14.2 Å². The first-order valence-electron chi connectivity index (χ1n) is 3.92. The average molecular weight is 274 g/mol. The van der Waals surface area contributed by atoms with Crippen LogP contribution in [0.3, 0.4) is 0 Å². The topological polar surface area (TPSA) is 31.4 Å². The lowest BCUT2D eigenvalue weighted by atomic mass is 10.3. The van der Waals surface area contributed by atoms with Crippen LogP contribution in [0.4, 0.5) is 0 Å². The number of methoxy groups -OCH3 is 2. The van der Waals surface area contributed by atoms with E-state index in [-0.39, 0.29) is 0 Å². The fourth-order valence-corrected chi connectivity index (χ4v) is 2.64. The number of hydrogen-bond donors (Lipinski definition) is 0. The highest BCUT2D eigenvalue weighted by molar-refractivity contribution is 9.11. The molecule has 0 N–H and O–H groups in total. The molecule has 0 radical (unpaired) electrons. The smallest absolute Gasteiger partial charge is 0.162 e. The van der Waals surface area contributed by atoms with Gasteiger partial charge in [0.15, 0.2) is 15.4 Å². The number of fused-ring (bicyclic) bond motifs is 1. The molecule has 0 aliphatic rings. The Morgan fingerprint density at radius 2 is 1.86 bits per heavy atom. The summed E-state index contributed by atoms with van der Waals surface area (Å²) in [6.45, 7) is 0. The largest absolute Gasteiger partial charge is 0.493 e. The van der Waals surface area contributed by atoms with Crippen LogP contribution in [0, 0.1) is 0 Å². The zero-order chi connectivity index (χ0) is 10.1. The van der Waals surface area contributed by atoms with E-state index in [1.807, 2.05) is 12.1 Å². The van der Waals surface area contributed by atoms with Gasteiger partial charge in [0, 0.05) is 12.1 Å². The molecule has 2 rings (SSSR count). The van der Waals surface area contributed by atoms with E-state index in [9.17, 15) is 0 Å². The zero-order valence-electron chi connectivity index (χ0n) is 7.70. The number of rotatable bonds is 2. The van der Waals surface area contributed by atoms with E-state index < -0.39 is 0 Å². The van der Waals surface area contributed by atoms with Gasteiger partial charge in [0.2, 0.25) is 0 Å². The molecule has 0 bridgehead atoms. The van der Waals surface area contributed by atoms with Gasteiger partial charge in [-0.25, -0.2) is 4.98 Å². The molecule has 0 aliphatic carbocycles. The third kappa shape index (κ3) is 1.57. The van der Waals surface area contributed by atoms with Crippen molar-refractivity contribution in [2.24, 2.45) is 0 Å². The van der Waals surface area contributed by atoms with Gasteiger partial charge in [-0.05, 0) is 15.9 Å². The summed E-state index contributed by atoms with van der Waals surface area (Å²) in [5.74, 6) is 1.44. The molecule has 0 atom stereocenters. The summed E-state index contributed by atoms with van der Waals surface area (Å²) >= 11 is 4.91. The number of ether oxygens (including phenoxy) is 2. The minimum absolute atomic E-state index is 0.706. The van der Waals surface area contributed by atoms with Crippen molar-refractivity contribution in [1.82, 2.24) is 4.98 Å². The molecule has 0 amide bonds. The van der Waals surface area contributed by atoms with Crippen LogP contribution in [0.15, 0.2) is 16.0 Å². The van der Waals surface area contributed by atoms with Gasteiger partial charge in [0.05, 0.1) is 24.4 Å². The molecule has 1 aromatic heterocycles. The highest BCUT2D eigenvalue weighted by Crippen LogP contribution is 2.35. The molecule has 74 valence electrons. The van der Waals surface area contributed by atoms with Crippen LogP contribution in [0.25, 0.3) is 10.2 Å². The molecule has 14 heavy (non-hydrogen) atoms. The van der Waals surface area contributed by atoms with E-state index in [0.717, 1.165) is 19.9 Å². The van der Waals surface area contributed by atoms with E-state index >= 15 is 0 Å². The van der Waals surface area contributed by atoms with Gasteiger partial charge in [-0.1, -0.05) is 0 Å². The predicted molar refractivity (Wildman–Crippen MR) is 60.4 cm³/mol. The monoisotopic (exact) mass is 273 g/mol. The quantitative estimate of drug-likeness (QED) is 0.843. The number of benzene rings is 1. The van der Waals surface area contributed by atoms with Crippen LogP contribution >= 0.6 is 27.3 Å². The van der Waals surface area contributed by atoms with E-state index in [1.54, 1.807) is 25.6 Å². The second-order valence-electron chi connectivity index (χ2n) is 2.64. The third-order valence-corrected chi connectivity index (χ3v) is 3.34. The molecule has 0 spiro atoms. The van der Waals surface area contributed by atoms with Gasteiger partial charge in [-0.3, -0.25) is 0 Å². The minimum Gasteiger partial charge on any atom is -0.493 e. The fraction of sp³-hybridized carbons (Fsp3) is 0.222. The van der Waals surface area contributed by atoms with Crippen molar-refractivity contribution in [3.63, 3.8) is 0 Å². The van der Waals surface area contributed by atoms with Gasteiger partial charge in [-0.2, -0.15) is 0 Å². The van der Waals surface area contributed by atoms with E-state index in [0.29, 0.717) is 5.75 Å². The summed E-state index contributed by atoms with van der Waals surface area (Å²) in [5.41, 5.74) is 0.916. The van der Waals surface area contributed by atoms with Gasteiger partial charge in [0.25, 0.3) is 0 Å². The number of thiazole rings is 1. The maximum atomic E-state index is 5.19. The second-order valence-corrected chi connectivity index (χ2v) is 4.95. The predicted octanol–water partition coefficient (Wildman–Crippen LogP) is 3.08. The summed E-state index contributed by atoms with van der Waals surface area (Å²) < 4.78 is 12.3. The Morgan fingerprint density at radius 3 is 2.50 bits per heavy atom. The lowest BCUT2D eigenvalue weighted by Crippen LogP contribution is -1.89. The highest BCUT2D eigenvalue weighted by Gasteiger charge is 2.08. The molecule has 2 aromatic rings. The Labute approximate surface area is 93.8 Å². The maximum Gasteiger partial charge on any atom is 0.162 e. The Balaban J connectivity index is 2.68. The summed E-state index contributed by atoms with van der Waals surface area (Å²) in [7, 11) is 3.24. The Morgan fingerprint density at radius 1 is 1.21 bits per heavy atom. The van der Waals surface area contributed by atoms with Gasteiger partial charge < -0.3 is 9.47 Å². The fourth-order valence-electron chi connectivity index (χ4n) is 1.23. The normalized spacial score (nSPS) is 10.5. The Hall–Kier alpha value is -0.810. The first-order chi connectivity index (χ1) is 6.74.